The number of hydrogen-bond acceptors (Lipinski definition) is 3. The van der Waals surface area contributed by atoms with Gasteiger partial charge in [0, 0.05) is 25.6 Å². The Kier molecular flexibility index (Phi) is 6.36. The zero-order chi connectivity index (χ0) is 16.0. The molecule has 1 aromatic carbocycles. The van der Waals surface area contributed by atoms with Crippen molar-refractivity contribution in [3.8, 4) is 0 Å². The molecule has 1 N–H and O–H groups in total. The van der Waals surface area contributed by atoms with Crippen LogP contribution in [0.1, 0.15) is 31.4 Å². The average Bonchev–Trinajstić information content (AvgIpc) is 2.34. The highest BCUT2D eigenvalue weighted by Gasteiger charge is 2.19. The molecule has 0 saturated heterocycles. The first kappa shape index (κ1) is 17.7. The summed E-state index contributed by atoms with van der Waals surface area (Å²) in [6, 6.07) is 7.71. The molecular formula is C15H24N2O3S. The van der Waals surface area contributed by atoms with Gasteiger partial charge in [0.1, 0.15) is 0 Å². The molecule has 21 heavy (non-hydrogen) atoms. The molecule has 0 heterocycles. The van der Waals surface area contributed by atoms with Gasteiger partial charge in [-0.3, -0.25) is 4.79 Å². The van der Waals surface area contributed by atoms with Gasteiger partial charge >= 0.3 is 0 Å². The molecule has 0 saturated carbocycles. The zero-order valence-electron chi connectivity index (χ0n) is 13.1. The lowest BCUT2D eigenvalue weighted by molar-refractivity contribution is -0.121. The van der Waals surface area contributed by atoms with Crippen molar-refractivity contribution in [2.75, 3.05) is 12.8 Å². The second kappa shape index (κ2) is 7.56. The Morgan fingerprint density at radius 3 is 2.43 bits per heavy atom. The number of carbonyl (C=O) groups excluding carboxylic acids is 1. The molecule has 0 radical (unpaired) electrons. The van der Waals surface area contributed by atoms with E-state index in [1.54, 1.807) is 0 Å². The van der Waals surface area contributed by atoms with E-state index in [0.717, 1.165) is 11.1 Å². The van der Waals surface area contributed by atoms with Crippen molar-refractivity contribution in [1.82, 2.24) is 9.62 Å². The molecule has 1 amide bonds. The molecule has 0 unspecified atom stereocenters. The molecule has 0 aliphatic rings. The third-order valence-electron chi connectivity index (χ3n) is 3.11. The highest BCUT2D eigenvalue weighted by molar-refractivity contribution is 7.88. The number of sulfonamides is 1. The summed E-state index contributed by atoms with van der Waals surface area (Å²) < 4.78 is 25.1. The lowest BCUT2D eigenvalue weighted by atomic mass is 10.1. The van der Waals surface area contributed by atoms with Gasteiger partial charge in [-0.05, 0) is 31.9 Å². The number of rotatable bonds is 7. The lowest BCUT2D eigenvalue weighted by Crippen LogP contribution is -2.36. The van der Waals surface area contributed by atoms with E-state index < -0.39 is 10.0 Å². The molecule has 118 valence electrons. The molecule has 0 atom stereocenters. The number of nitrogens with zero attached hydrogens (tertiary/aromatic N) is 1. The maximum Gasteiger partial charge on any atom is 0.221 e. The first-order valence-corrected chi connectivity index (χ1v) is 8.84. The van der Waals surface area contributed by atoms with Crippen LogP contribution < -0.4 is 5.32 Å². The van der Waals surface area contributed by atoms with Crippen LogP contribution in [0.3, 0.4) is 0 Å². The molecule has 0 aliphatic carbocycles. The van der Waals surface area contributed by atoms with Crippen molar-refractivity contribution in [1.29, 1.82) is 0 Å². The fourth-order valence-electron chi connectivity index (χ4n) is 1.96. The second-order valence-electron chi connectivity index (χ2n) is 5.50. The van der Waals surface area contributed by atoms with Gasteiger partial charge < -0.3 is 5.32 Å². The molecule has 0 aliphatic heterocycles. The van der Waals surface area contributed by atoms with Crippen LogP contribution in [0.25, 0.3) is 0 Å². The topological polar surface area (TPSA) is 66.5 Å². The summed E-state index contributed by atoms with van der Waals surface area (Å²) in [5.41, 5.74) is 1.99. The molecule has 6 heteroatoms. The minimum absolute atomic E-state index is 0.0561. The minimum atomic E-state index is -3.35. The third-order valence-corrected chi connectivity index (χ3v) is 4.36. The average molecular weight is 312 g/mol. The predicted octanol–water partition coefficient (Wildman–Crippen LogP) is 1.67. The van der Waals surface area contributed by atoms with Gasteiger partial charge in [0.2, 0.25) is 15.9 Å². The van der Waals surface area contributed by atoms with E-state index >= 15 is 0 Å². The van der Waals surface area contributed by atoms with Crippen LogP contribution in [0, 0.1) is 6.92 Å². The largest absolute Gasteiger partial charge is 0.354 e. The van der Waals surface area contributed by atoms with Gasteiger partial charge in [-0.15, -0.1) is 0 Å². The van der Waals surface area contributed by atoms with E-state index in [1.807, 2.05) is 45.0 Å². The van der Waals surface area contributed by atoms with Crippen LogP contribution in [-0.2, 0) is 21.4 Å². The van der Waals surface area contributed by atoms with Gasteiger partial charge in [0.25, 0.3) is 0 Å². The third kappa shape index (κ3) is 6.27. The molecule has 1 rings (SSSR count). The van der Waals surface area contributed by atoms with E-state index in [9.17, 15) is 13.2 Å². The summed E-state index contributed by atoms with van der Waals surface area (Å²) in [6.45, 7) is 6.17. The quantitative estimate of drug-likeness (QED) is 0.833. The number of carbonyl (C=O) groups is 1. The monoisotopic (exact) mass is 312 g/mol. The number of aryl methyl sites for hydroxylation is 1. The summed E-state index contributed by atoms with van der Waals surface area (Å²) >= 11 is 0. The fraction of sp³-hybridized carbons (Fsp3) is 0.533. The normalized spacial score (nSPS) is 11.9. The number of benzene rings is 1. The molecule has 0 aromatic heterocycles. The van der Waals surface area contributed by atoms with Crippen LogP contribution in [-0.4, -0.2) is 37.5 Å². The summed E-state index contributed by atoms with van der Waals surface area (Å²) in [4.78, 5) is 11.7. The Bertz CT molecular complexity index is 582. The maximum atomic E-state index is 11.9. The van der Waals surface area contributed by atoms with Crippen molar-refractivity contribution >= 4 is 15.9 Å². The first-order chi connectivity index (χ1) is 9.70. The van der Waals surface area contributed by atoms with Crippen molar-refractivity contribution in [3.05, 3.63) is 35.4 Å². The Morgan fingerprint density at radius 2 is 1.90 bits per heavy atom. The van der Waals surface area contributed by atoms with Crippen molar-refractivity contribution in [2.45, 2.75) is 39.8 Å². The molecule has 0 bridgehead atoms. The molecule has 5 nitrogen and oxygen atoms in total. The summed E-state index contributed by atoms with van der Waals surface area (Å²) in [5, 5.41) is 2.76. The van der Waals surface area contributed by atoms with Crippen molar-refractivity contribution in [2.24, 2.45) is 0 Å². The van der Waals surface area contributed by atoms with Crippen molar-refractivity contribution in [3.63, 3.8) is 0 Å². The van der Waals surface area contributed by atoms with E-state index in [4.69, 9.17) is 0 Å². The Hall–Kier alpha value is -1.40. The highest BCUT2D eigenvalue weighted by Crippen LogP contribution is 2.13. The van der Waals surface area contributed by atoms with Crippen LogP contribution in [0.15, 0.2) is 24.3 Å². The summed E-state index contributed by atoms with van der Waals surface area (Å²) in [6.07, 6.45) is 1.34. The van der Waals surface area contributed by atoms with Gasteiger partial charge in [0.05, 0.1) is 6.26 Å². The zero-order valence-corrected chi connectivity index (χ0v) is 13.9. The second-order valence-corrected chi connectivity index (χ2v) is 7.48. The summed E-state index contributed by atoms with van der Waals surface area (Å²) in [5.74, 6) is -0.136. The van der Waals surface area contributed by atoms with Crippen LogP contribution in [0.4, 0.5) is 0 Å². The molecule has 0 fully saturated rings. The number of nitrogens with one attached hydrogen (secondary N) is 1. The SMILES string of the molecule is Cc1ccccc1CN(CCC(=O)NC(C)C)S(C)(=O)=O. The standard InChI is InChI=1S/C15H24N2O3S/c1-12(2)16-15(18)9-10-17(21(4,19)20)11-14-8-6-5-7-13(14)3/h5-8,12H,9-11H2,1-4H3,(H,16,18). The van der Waals surface area contributed by atoms with E-state index in [0.29, 0.717) is 6.54 Å². The van der Waals surface area contributed by atoms with Gasteiger partial charge in [-0.1, -0.05) is 24.3 Å². The fourth-order valence-corrected chi connectivity index (χ4v) is 2.76. The van der Waals surface area contributed by atoms with E-state index in [-0.39, 0.29) is 24.9 Å². The summed E-state index contributed by atoms with van der Waals surface area (Å²) in [7, 11) is -3.35. The Balaban J connectivity index is 2.75. The Morgan fingerprint density at radius 1 is 1.29 bits per heavy atom. The molecule has 0 spiro atoms. The number of amides is 1. The van der Waals surface area contributed by atoms with Crippen LogP contribution >= 0.6 is 0 Å². The lowest BCUT2D eigenvalue weighted by Gasteiger charge is -2.21. The smallest absolute Gasteiger partial charge is 0.221 e. The van der Waals surface area contributed by atoms with E-state index in [2.05, 4.69) is 5.32 Å². The van der Waals surface area contributed by atoms with Crippen LogP contribution in [0.5, 0.6) is 0 Å². The van der Waals surface area contributed by atoms with Gasteiger partial charge in [-0.2, -0.15) is 4.31 Å². The first-order valence-electron chi connectivity index (χ1n) is 6.99. The van der Waals surface area contributed by atoms with Gasteiger partial charge in [0.15, 0.2) is 0 Å². The number of hydrogen-bond donors (Lipinski definition) is 1. The Labute approximate surface area is 127 Å². The van der Waals surface area contributed by atoms with Crippen molar-refractivity contribution < 1.29 is 13.2 Å². The predicted molar refractivity (Wildman–Crippen MR) is 84.3 cm³/mol. The highest BCUT2D eigenvalue weighted by atomic mass is 32.2. The van der Waals surface area contributed by atoms with Gasteiger partial charge in [-0.25, -0.2) is 8.42 Å². The maximum absolute atomic E-state index is 11.9. The molecule has 1 aromatic rings. The van der Waals surface area contributed by atoms with E-state index in [1.165, 1.54) is 10.6 Å². The minimum Gasteiger partial charge on any atom is -0.354 e. The molecular weight excluding hydrogens is 288 g/mol. The van der Waals surface area contributed by atoms with Crippen LogP contribution in [0.2, 0.25) is 0 Å².